The highest BCUT2D eigenvalue weighted by Gasteiger charge is 2.19. The molecule has 0 unspecified atom stereocenters. The molecule has 0 radical (unpaired) electrons. The summed E-state index contributed by atoms with van der Waals surface area (Å²) in [7, 11) is 5.08. The fraction of sp³-hybridized carbons (Fsp3) is 0.500. The number of aryl methyl sites for hydroxylation is 1. The number of hydrogen-bond acceptors (Lipinski definition) is 4. The first kappa shape index (κ1) is 13.2. The Morgan fingerprint density at radius 2 is 2.29 bits per heavy atom. The molecule has 0 aliphatic rings. The molecule has 0 bridgehead atoms. The van der Waals surface area contributed by atoms with Gasteiger partial charge >= 0.3 is 0 Å². The van der Waals surface area contributed by atoms with Crippen molar-refractivity contribution >= 4 is 11.6 Å². The van der Waals surface area contributed by atoms with Crippen molar-refractivity contribution in [3.05, 3.63) is 28.1 Å². The van der Waals surface area contributed by atoms with Crippen molar-refractivity contribution in [2.45, 2.75) is 0 Å². The lowest BCUT2D eigenvalue weighted by Crippen LogP contribution is -2.33. The third kappa shape index (κ3) is 3.04. The number of nitro groups is 1. The molecule has 0 aromatic carbocycles. The molecule has 1 N–H and O–H groups in total. The summed E-state index contributed by atoms with van der Waals surface area (Å²) in [6.07, 6.45) is 1.33. The Balaban J connectivity index is 2.85. The normalized spacial score (nSPS) is 10.3. The second-order valence-electron chi connectivity index (χ2n) is 3.78. The number of amides is 1. The summed E-state index contributed by atoms with van der Waals surface area (Å²) in [4.78, 5) is 23.6. The van der Waals surface area contributed by atoms with E-state index in [-0.39, 0.29) is 11.6 Å². The lowest BCUT2D eigenvalue weighted by molar-refractivity contribution is -0.384. The Labute approximate surface area is 99.2 Å². The predicted molar refractivity (Wildman–Crippen MR) is 63.0 cm³/mol. The molecule has 17 heavy (non-hydrogen) atoms. The molecule has 0 spiro atoms. The van der Waals surface area contributed by atoms with Gasteiger partial charge in [0, 0.05) is 33.3 Å². The molecule has 0 aliphatic carbocycles. The number of likely N-dealkylation sites (N-methyl/N-ethyl adjacent to an activating group) is 2. The number of carbonyl (C=O) groups is 1. The molecule has 1 aromatic rings. The molecule has 0 saturated carbocycles. The number of aromatic nitrogens is 1. The van der Waals surface area contributed by atoms with Crippen molar-refractivity contribution in [3.63, 3.8) is 0 Å². The molecule has 0 atom stereocenters. The van der Waals surface area contributed by atoms with Gasteiger partial charge in [0.15, 0.2) is 0 Å². The summed E-state index contributed by atoms with van der Waals surface area (Å²) in [5.74, 6) is -0.226. The van der Waals surface area contributed by atoms with E-state index < -0.39 is 4.92 Å². The van der Waals surface area contributed by atoms with E-state index in [2.05, 4.69) is 5.32 Å². The van der Waals surface area contributed by atoms with Crippen LogP contribution in [0.15, 0.2) is 12.3 Å². The van der Waals surface area contributed by atoms with E-state index in [0.717, 1.165) is 0 Å². The van der Waals surface area contributed by atoms with E-state index in [9.17, 15) is 14.9 Å². The topological polar surface area (TPSA) is 80.4 Å². The first-order valence-corrected chi connectivity index (χ1v) is 5.18. The van der Waals surface area contributed by atoms with Crippen LogP contribution in [0.1, 0.15) is 10.5 Å². The number of hydrogen-bond donors (Lipinski definition) is 1. The maximum atomic E-state index is 12.0. The van der Waals surface area contributed by atoms with Crippen LogP contribution in [0.3, 0.4) is 0 Å². The van der Waals surface area contributed by atoms with Crippen LogP contribution >= 0.6 is 0 Å². The van der Waals surface area contributed by atoms with Gasteiger partial charge in [0.1, 0.15) is 5.69 Å². The summed E-state index contributed by atoms with van der Waals surface area (Å²) in [6.45, 7) is 1.23. The van der Waals surface area contributed by atoms with Crippen LogP contribution in [0, 0.1) is 10.1 Å². The number of nitrogens with one attached hydrogen (secondary N) is 1. The average molecular weight is 240 g/mol. The van der Waals surface area contributed by atoms with Gasteiger partial charge in [0.2, 0.25) is 0 Å². The van der Waals surface area contributed by atoms with Gasteiger partial charge < -0.3 is 14.8 Å². The fourth-order valence-corrected chi connectivity index (χ4v) is 1.44. The van der Waals surface area contributed by atoms with Crippen molar-refractivity contribution < 1.29 is 9.72 Å². The molecule has 94 valence electrons. The monoisotopic (exact) mass is 240 g/mol. The van der Waals surface area contributed by atoms with Gasteiger partial charge in [-0.05, 0) is 7.05 Å². The Kier molecular flexibility index (Phi) is 4.22. The van der Waals surface area contributed by atoms with Crippen molar-refractivity contribution in [3.8, 4) is 0 Å². The highest BCUT2D eigenvalue weighted by molar-refractivity contribution is 5.93. The standard InChI is InChI=1S/C10H16N4O3/c1-11-4-5-12(2)10(15)9-6-8(14(16)17)7-13(9)3/h6-7,11H,4-5H2,1-3H3. The van der Waals surface area contributed by atoms with Crippen molar-refractivity contribution in [2.75, 3.05) is 27.2 Å². The third-order valence-electron chi connectivity index (χ3n) is 2.46. The minimum absolute atomic E-state index is 0.0714. The molecule has 1 aromatic heterocycles. The van der Waals surface area contributed by atoms with Crippen LogP contribution in [0.4, 0.5) is 5.69 Å². The number of rotatable bonds is 5. The molecule has 1 rings (SSSR count). The molecular formula is C10H16N4O3. The minimum Gasteiger partial charge on any atom is -0.340 e. The van der Waals surface area contributed by atoms with Crippen molar-refractivity contribution in [1.82, 2.24) is 14.8 Å². The molecule has 0 fully saturated rings. The van der Waals surface area contributed by atoms with E-state index in [4.69, 9.17) is 0 Å². The average Bonchev–Trinajstić information content (AvgIpc) is 2.67. The van der Waals surface area contributed by atoms with Crippen molar-refractivity contribution in [2.24, 2.45) is 7.05 Å². The molecule has 0 aliphatic heterocycles. The van der Waals surface area contributed by atoms with E-state index >= 15 is 0 Å². The summed E-state index contributed by atoms with van der Waals surface area (Å²) in [6, 6.07) is 1.29. The minimum atomic E-state index is -0.510. The van der Waals surface area contributed by atoms with Crippen molar-refractivity contribution in [1.29, 1.82) is 0 Å². The molecule has 7 heteroatoms. The van der Waals surface area contributed by atoms with E-state index in [0.29, 0.717) is 18.8 Å². The SMILES string of the molecule is CNCCN(C)C(=O)c1cc([N+](=O)[O-])cn1C. The maximum absolute atomic E-state index is 12.0. The smallest absolute Gasteiger partial charge is 0.287 e. The van der Waals surface area contributed by atoms with Crippen LogP contribution < -0.4 is 5.32 Å². The van der Waals surface area contributed by atoms with E-state index in [1.807, 2.05) is 0 Å². The van der Waals surface area contributed by atoms with Gasteiger partial charge in [-0.2, -0.15) is 0 Å². The second kappa shape index (κ2) is 5.44. The zero-order valence-electron chi connectivity index (χ0n) is 10.1. The maximum Gasteiger partial charge on any atom is 0.287 e. The zero-order chi connectivity index (χ0) is 13.0. The quantitative estimate of drug-likeness (QED) is 0.590. The first-order valence-electron chi connectivity index (χ1n) is 5.18. The Bertz CT molecular complexity index is 427. The molecular weight excluding hydrogens is 224 g/mol. The van der Waals surface area contributed by atoms with Gasteiger partial charge in [0.05, 0.1) is 11.1 Å². The van der Waals surface area contributed by atoms with E-state index in [1.165, 1.54) is 21.7 Å². The van der Waals surface area contributed by atoms with Crippen LogP contribution in [0.2, 0.25) is 0 Å². The van der Waals surface area contributed by atoms with Crippen LogP contribution in [0.5, 0.6) is 0 Å². The van der Waals surface area contributed by atoms with Gasteiger partial charge in [0.25, 0.3) is 11.6 Å². The lowest BCUT2D eigenvalue weighted by Gasteiger charge is -2.16. The summed E-state index contributed by atoms with van der Waals surface area (Å²) in [5.41, 5.74) is 0.244. The predicted octanol–water partition coefficient (Wildman–Crippen LogP) is 0.225. The first-order chi connectivity index (χ1) is 7.97. The highest BCUT2D eigenvalue weighted by Crippen LogP contribution is 2.16. The zero-order valence-corrected chi connectivity index (χ0v) is 10.1. The molecule has 1 heterocycles. The van der Waals surface area contributed by atoms with E-state index in [1.54, 1.807) is 21.1 Å². The van der Waals surface area contributed by atoms with Crippen LogP contribution in [-0.2, 0) is 7.05 Å². The van der Waals surface area contributed by atoms with Gasteiger partial charge in [-0.15, -0.1) is 0 Å². The summed E-state index contributed by atoms with van der Waals surface area (Å²) < 4.78 is 1.47. The van der Waals surface area contributed by atoms with Gasteiger partial charge in [-0.1, -0.05) is 0 Å². The molecule has 1 amide bonds. The lowest BCUT2D eigenvalue weighted by atomic mass is 10.3. The molecule has 7 nitrogen and oxygen atoms in total. The fourth-order valence-electron chi connectivity index (χ4n) is 1.44. The van der Waals surface area contributed by atoms with Gasteiger partial charge in [-0.25, -0.2) is 0 Å². The third-order valence-corrected chi connectivity index (χ3v) is 2.46. The Morgan fingerprint density at radius 1 is 1.65 bits per heavy atom. The largest absolute Gasteiger partial charge is 0.340 e. The van der Waals surface area contributed by atoms with Crippen LogP contribution in [0.25, 0.3) is 0 Å². The number of nitrogens with zero attached hydrogens (tertiary/aromatic N) is 3. The highest BCUT2D eigenvalue weighted by atomic mass is 16.6. The number of carbonyl (C=O) groups excluding carboxylic acids is 1. The Hall–Kier alpha value is -1.89. The van der Waals surface area contributed by atoms with Gasteiger partial charge in [-0.3, -0.25) is 14.9 Å². The summed E-state index contributed by atoms with van der Waals surface area (Å²) in [5, 5.41) is 13.5. The second-order valence-corrected chi connectivity index (χ2v) is 3.78. The Morgan fingerprint density at radius 3 is 2.76 bits per heavy atom. The van der Waals surface area contributed by atoms with Crippen LogP contribution in [-0.4, -0.2) is 47.5 Å². The summed E-state index contributed by atoms with van der Waals surface area (Å²) >= 11 is 0. The molecule has 0 saturated heterocycles.